The van der Waals surface area contributed by atoms with Gasteiger partial charge in [-0.1, -0.05) is 18.2 Å². The molecule has 1 aromatic carbocycles. The van der Waals surface area contributed by atoms with Gasteiger partial charge in [-0.3, -0.25) is 9.36 Å². The van der Waals surface area contributed by atoms with E-state index in [4.69, 9.17) is 4.74 Å². The molecule has 0 atom stereocenters. The lowest BCUT2D eigenvalue weighted by Crippen LogP contribution is -2.50. The van der Waals surface area contributed by atoms with Crippen LogP contribution in [0.4, 0.5) is 10.7 Å². The summed E-state index contributed by atoms with van der Waals surface area (Å²) in [5, 5.41) is 9.35. The van der Waals surface area contributed by atoms with Crippen molar-refractivity contribution in [3.63, 3.8) is 0 Å². The second-order valence-corrected chi connectivity index (χ2v) is 9.72. The fourth-order valence-electron chi connectivity index (χ4n) is 3.60. The number of hydrogen-bond acceptors (Lipinski definition) is 7. The topological polar surface area (TPSA) is 120 Å². The molecule has 0 spiro atoms. The van der Waals surface area contributed by atoms with E-state index in [1.54, 1.807) is 17.0 Å². The lowest BCUT2D eigenvalue weighted by atomic mass is 10.1. The number of nitrogens with one attached hydrogen (secondary N) is 1. The molecule has 2 aromatic heterocycles. The van der Waals surface area contributed by atoms with Crippen LogP contribution in [0.5, 0.6) is 0 Å². The number of fused-ring (bicyclic) bond motifs is 1. The minimum Gasteiger partial charge on any atom is -0.444 e. The number of H-pyrrole nitrogens is 1. The average molecular weight is 561 g/mol. The van der Waals surface area contributed by atoms with Crippen molar-refractivity contribution in [3.05, 3.63) is 49.6 Å². The minimum absolute atomic E-state index is 0.243. The maximum absolute atomic E-state index is 13.2. The molecule has 3 aromatic rings. The third-order valence-electron chi connectivity index (χ3n) is 5.25. The smallest absolute Gasteiger partial charge is 0.410 e. The summed E-state index contributed by atoms with van der Waals surface area (Å²) in [5.74, 6) is 0.546. The lowest BCUT2D eigenvalue weighted by Gasteiger charge is -2.35. The summed E-state index contributed by atoms with van der Waals surface area (Å²) in [4.78, 5) is 41.3. The molecule has 0 radical (unpaired) electrons. The van der Waals surface area contributed by atoms with Crippen LogP contribution in [0.3, 0.4) is 0 Å². The van der Waals surface area contributed by atoms with E-state index in [0.717, 1.165) is 5.56 Å². The largest absolute Gasteiger partial charge is 0.444 e. The maximum Gasteiger partial charge on any atom is 0.410 e. The zero-order valence-electron chi connectivity index (χ0n) is 18.6. The van der Waals surface area contributed by atoms with E-state index in [-0.39, 0.29) is 18.2 Å². The highest BCUT2D eigenvalue weighted by atomic mass is 127. The third-order valence-corrected chi connectivity index (χ3v) is 6.07. The number of rotatable bonds is 3. The van der Waals surface area contributed by atoms with E-state index >= 15 is 0 Å². The van der Waals surface area contributed by atoms with Crippen LogP contribution in [-0.4, -0.2) is 62.3 Å². The Morgan fingerprint density at radius 2 is 1.91 bits per heavy atom. The molecule has 1 aliphatic heterocycles. The van der Waals surface area contributed by atoms with Crippen LogP contribution in [-0.2, 0) is 11.3 Å². The number of hydrogen-bond donors (Lipinski definition) is 1. The summed E-state index contributed by atoms with van der Waals surface area (Å²) >= 11 is 2.01. The molecule has 10 nitrogen and oxygen atoms in total. The van der Waals surface area contributed by atoms with Gasteiger partial charge in [-0.15, -0.1) is 0 Å². The van der Waals surface area contributed by atoms with Crippen molar-refractivity contribution < 1.29 is 9.53 Å². The highest BCUT2D eigenvalue weighted by Gasteiger charge is 2.27. The summed E-state index contributed by atoms with van der Waals surface area (Å²) < 4.78 is 7.46. The number of carbonyl (C=O) groups excluding carboxylic acids is 1. The number of piperazine rings is 1. The number of carbonyl (C=O) groups is 1. The van der Waals surface area contributed by atoms with Crippen molar-refractivity contribution >= 4 is 45.8 Å². The Hall–Kier alpha value is -3.14. The van der Waals surface area contributed by atoms with Crippen molar-refractivity contribution in [1.29, 1.82) is 5.26 Å². The summed E-state index contributed by atoms with van der Waals surface area (Å²) in [6, 6.07) is 9.35. The van der Waals surface area contributed by atoms with Crippen LogP contribution in [0.2, 0.25) is 0 Å². The van der Waals surface area contributed by atoms with E-state index < -0.39 is 5.60 Å². The molecule has 33 heavy (non-hydrogen) atoms. The monoisotopic (exact) mass is 561 g/mol. The van der Waals surface area contributed by atoms with Crippen LogP contribution in [0.1, 0.15) is 31.9 Å². The Bertz CT molecular complexity index is 1290. The molecule has 3 heterocycles. The number of ether oxygens (including phenoxy) is 1. The minimum atomic E-state index is -0.538. The van der Waals surface area contributed by atoms with Crippen LogP contribution in [0, 0.1) is 15.2 Å². The number of benzene rings is 1. The first-order valence-electron chi connectivity index (χ1n) is 10.5. The molecule has 1 fully saturated rings. The van der Waals surface area contributed by atoms with Gasteiger partial charge in [-0.2, -0.15) is 10.2 Å². The zero-order chi connectivity index (χ0) is 23.8. The predicted octanol–water partition coefficient (Wildman–Crippen LogP) is 2.70. The number of imidazole rings is 1. The Balaban J connectivity index is 1.55. The quantitative estimate of drug-likeness (QED) is 0.386. The Morgan fingerprint density at radius 1 is 1.21 bits per heavy atom. The van der Waals surface area contributed by atoms with E-state index in [1.165, 1.54) is 4.57 Å². The number of halogens is 1. The number of aromatic amines is 1. The third kappa shape index (κ3) is 4.95. The van der Waals surface area contributed by atoms with Crippen molar-refractivity contribution in [2.75, 3.05) is 31.1 Å². The molecule has 1 aliphatic rings. The molecular weight excluding hydrogens is 537 g/mol. The summed E-state index contributed by atoms with van der Waals surface area (Å²) in [6.45, 7) is 7.87. The van der Waals surface area contributed by atoms with Gasteiger partial charge in [-0.25, -0.2) is 9.78 Å². The van der Waals surface area contributed by atoms with Gasteiger partial charge in [0, 0.05) is 48.8 Å². The molecule has 172 valence electrons. The van der Waals surface area contributed by atoms with Crippen molar-refractivity contribution in [2.45, 2.75) is 32.9 Å². The maximum atomic E-state index is 13.2. The molecule has 1 amide bonds. The first-order chi connectivity index (χ1) is 15.7. The lowest BCUT2D eigenvalue weighted by molar-refractivity contribution is 0.0240. The molecule has 0 aliphatic carbocycles. The Labute approximate surface area is 204 Å². The molecule has 1 saturated heterocycles. The van der Waals surface area contributed by atoms with Gasteiger partial charge in [-0.05, 0) is 32.4 Å². The first-order valence-corrected chi connectivity index (χ1v) is 11.6. The van der Waals surface area contributed by atoms with Crippen molar-refractivity contribution in [1.82, 2.24) is 24.4 Å². The second-order valence-electron chi connectivity index (χ2n) is 8.75. The fraction of sp³-hybridized carbons (Fsp3) is 0.409. The fourth-order valence-corrected chi connectivity index (χ4v) is 4.22. The van der Waals surface area contributed by atoms with E-state index in [1.807, 2.05) is 60.4 Å². The number of aromatic nitrogens is 4. The summed E-state index contributed by atoms with van der Waals surface area (Å²) in [6.07, 6.45) is -0.330. The van der Waals surface area contributed by atoms with Gasteiger partial charge in [0.15, 0.2) is 15.0 Å². The van der Waals surface area contributed by atoms with Gasteiger partial charge in [0.05, 0.1) is 18.2 Å². The van der Waals surface area contributed by atoms with E-state index in [9.17, 15) is 14.9 Å². The van der Waals surface area contributed by atoms with Crippen molar-refractivity contribution in [2.24, 2.45) is 0 Å². The summed E-state index contributed by atoms with van der Waals surface area (Å²) in [7, 11) is 0. The van der Waals surface area contributed by atoms with Gasteiger partial charge in [0.1, 0.15) is 5.60 Å². The Morgan fingerprint density at radius 3 is 2.58 bits per heavy atom. The second kappa shape index (κ2) is 9.01. The van der Waals surface area contributed by atoms with Crippen LogP contribution < -0.4 is 10.5 Å². The van der Waals surface area contributed by atoms with Crippen LogP contribution >= 0.6 is 22.6 Å². The highest BCUT2D eigenvalue weighted by Crippen LogP contribution is 2.19. The number of amides is 1. The van der Waals surface area contributed by atoms with Gasteiger partial charge >= 0.3 is 6.09 Å². The van der Waals surface area contributed by atoms with Crippen LogP contribution in [0.15, 0.2) is 29.1 Å². The first kappa shape index (κ1) is 23.0. The summed E-state index contributed by atoms with van der Waals surface area (Å²) in [5.41, 5.74) is 1.15. The van der Waals surface area contributed by atoms with Gasteiger partial charge in [0.2, 0.25) is 5.95 Å². The number of anilines is 1. The molecular formula is C22H24IN7O3. The van der Waals surface area contributed by atoms with Gasteiger partial charge < -0.3 is 19.5 Å². The normalized spacial score (nSPS) is 14.4. The zero-order valence-corrected chi connectivity index (χ0v) is 20.8. The SMILES string of the molecule is CC(C)(C)OC(=O)N1CCN(c2nc3nc(I)n(Cc4ccccc4C#N)c(=O)c3[nH]2)CC1. The molecule has 4 rings (SSSR count). The van der Waals surface area contributed by atoms with Gasteiger partial charge in [0.25, 0.3) is 5.56 Å². The predicted molar refractivity (Wildman–Crippen MR) is 131 cm³/mol. The van der Waals surface area contributed by atoms with E-state index in [0.29, 0.717) is 52.7 Å². The molecule has 1 N–H and O–H groups in total. The number of nitrogens with zero attached hydrogens (tertiary/aromatic N) is 6. The molecule has 11 heteroatoms. The molecule has 0 unspecified atom stereocenters. The Kier molecular flexibility index (Phi) is 6.29. The number of nitriles is 1. The average Bonchev–Trinajstić information content (AvgIpc) is 3.20. The standard InChI is InChI=1S/C22H24IN7O3/c1-22(2,3)33-21(32)29-10-8-28(9-11-29)20-25-16-17(27-20)26-19(23)30(18(16)31)13-15-7-5-4-6-14(15)12-24/h4-7H,8-11,13H2,1-3H3,(H,25,27). The molecule has 0 saturated carbocycles. The highest BCUT2D eigenvalue weighted by molar-refractivity contribution is 14.1. The van der Waals surface area contributed by atoms with Crippen LogP contribution in [0.25, 0.3) is 11.2 Å². The van der Waals surface area contributed by atoms with E-state index in [2.05, 4.69) is 21.0 Å². The van der Waals surface area contributed by atoms with Crippen molar-refractivity contribution in [3.8, 4) is 6.07 Å². The molecule has 0 bridgehead atoms.